The summed E-state index contributed by atoms with van der Waals surface area (Å²) < 4.78 is 5.93. The summed E-state index contributed by atoms with van der Waals surface area (Å²) in [5.41, 5.74) is -0.867. The quantitative estimate of drug-likeness (QED) is 0.866. The highest BCUT2D eigenvalue weighted by Gasteiger charge is 2.47. The topological polar surface area (TPSA) is 88.5 Å². The number of amides is 1. The molecule has 0 saturated carbocycles. The molecular weight excluding hydrogens is 316 g/mol. The molecule has 1 amide bonds. The van der Waals surface area contributed by atoms with Crippen LogP contribution < -0.4 is 5.32 Å². The minimum absolute atomic E-state index is 0.0844. The van der Waals surface area contributed by atoms with Crippen molar-refractivity contribution in [1.82, 2.24) is 10.3 Å². The first-order chi connectivity index (χ1) is 8.93. The molecule has 0 aliphatic carbocycles. The molecule has 2 unspecified atom stereocenters. The lowest BCUT2D eigenvalue weighted by molar-refractivity contribution is -0.148. The number of carbonyl (C=O) groups is 2. The van der Waals surface area contributed by atoms with E-state index >= 15 is 0 Å². The molecule has 1 aliphatic rings. The van der Waals surface area contributed by atoms with Crippen LogP contribution in [0.25, 0.3) is 0 Å². The molecule has 1 aliphatic heterocycles. The zero-order valence-electron chi connectivity index (χ0n) is 10.2. The number of halogens is 1. The van der Waals surface area contributed by atoms with Gasteiger partial charge in [0, 0.05) is 10.7 Å². The molecule has 0 spiro atoms. The first kappa shape index (κ1) is 14.0. The van der Waals surface area contributed by atoms with Crippen LogP contribution in [0.1, 0.15) is 17.4 Å². The van der Waals surface area contributed by atoms with E-state index in [1.807, 2.05) is 0 Å². The van der Waals surface area contributed by atoms with Crippen molar-refractivity contribution in [3.05, 3.63) is 28.5 Å². The molecule has 1 aromatic heterocycles. The lowest BCUT2D eigenvalue weighted by Crippen LogP contribution is -2.49. The zero-order chi connectivity index (χ0) is 14.0. The Morgan fingerprint density at radius 3 is 2.89 bits per heavy atom. The van der Waals surface area contributed by atoms with Crippen LogP contribution in [0.2, 0.25) is 0 Å². The number of hydrogen-bond acceptors (Lipinski definition) is 4. The van der Waals surface area contributed by atoms with Crippen molar-refractivity contribution < 1.29 is 19.4 Å². The number of carbonyl (C=O) groups excluding carboxylic acids is 1. The summed E-state index contributed by atoms with van der Waals surface area (Å²) in [6.07, 6.45) is 1.51. The van der Waals surface area contributed by atoms with Crippen molar-refractivity contribution in [3.63, 3.8) is 0 Å². The van der Waals surface area contributed by atoms with E-state index in [1.54, 1.807) is 19.1 Å². The number of nitrogens with zero attached hydrogens (tertiary/aromatic N) is 1. The summed E-state index contributed by atoms with van der Waals surface area (Å²) in [5.74, 6) is -1.39. The molecule has 19 heavy (non-hydrogen) atoms. The zero-order valence-corrected chi connectivity index (χ0v) is 11.8. The van der Waals surface area contributed by atoms with Gasteiger partial charge >= 0.3 is 5.97 Å². The van der Waals surface area contributed by atoms with Crippen molar-refractivity contribution in [3.8, 4) is 0 Å². The van der Waals surface area contributed by atoms with Crippen LogP contribution in [-0.2, 0) is 9.53 Å². The van der Waals surface area contributed by atoms with Crippen molar-refractivity contribution in [2.45, 2.75) is 13.0 Å². The molecule has 102 valence electrons. The number of aromatic nitrogens is 1. The Labute approximate surface area is 118 Å². The van der Waals surface area contributed by atoms with E-state index in [-0.39, 0.29) is 18.9 Å². The third kappa shape index (κ3) is 2.76. The number of ether oxygens (including phenoxy) is 1. The summed E-state index contributed by atoms with van der Waals surface area (Å²) in [7, 11) is 0. The van der Waals surface area contributed by atoms with E-state index in [0.29, 0.717) is 0 Å². The number of nitrogens with one attached hydrogen (secondary N) is 1. The number of aliphatic carboxylic acids is 1. The van der Waals surface area contributed by atoms with Gasteiger partial charge in [0.15, 0.2) is 0 Å². The van der Waals surface area contributed by atoms with Crippen LogP contribution >= 0.6 is 15.9 Å². The van der Waals surface area contributed by atoms with Crippen LogP contribution in [-0.4, -0.2) is 41.2 Å². The third-order valence-corrected chi connectivity index (χ3v) is 3.68. The highest BCUT2D eigenvalue weighted by molar-refractivity contribution is 9.10. The molecule has 1 fully saturated rings. The SMILES string of the molecule is CC1(C(=O)O)COCC1NC(=O)c1ccc(Br)cn1. The van der Waals surface area contributed by atoms with Crippen LogP contribution in [0.5, 0.6) is 0 Å². The number of rotatable bonds is 3. The van der Waals surface area contributed by atoms with Crippen LogP contribution in [0.4, 0.5) is 0 Å². The largest absolute Gasteiger partial charge is 0.481 e. The van der Waals surface area contributed by atoms with Gasteiger partial charge in [-0.3, -0.25) is 9.59 Å². The summed E-state index contributed by atoms with van der Waals surface area (Å²) in [4.78, 5) is 27.2. The van der Waals surface area contributed by atoms with E-state index in [1.165, 1.54) is 6.20 Å². The van der Waals surface area contributed by atoms with Crippen molar-refractivity contribution in [2.75, 3.05) is 13.2 Å². The average Bonchev–Trinajstić information content (AvgIpc) is 2.73. The van der Waals surface area contributed by atoms with Gasteiger partial charge in [-0.15, -0.1) is 0 Å². The van der Waals surface area contributed by atoms with Gasteiger partial charge in [-0.2, -0.15) is 0 Å². The molecule has 6 nitrogen and oxygen atoms in total. The Morgan fingerprint density at radius 2 is 2.32 bits per heavy atom. The molecular formula is C12H13BrN2O4. The molecule has 7 heteroatoms. The number of carboxylic acid groups (broad SMARTS) is 1. The van der Waals surface area contributed by atoms with Gasteiger partial charge in [-0.1, -0.05) is 0 Å². The van der Waals surface area contributed by atoms with Gasteiger partial charge in [0.25, 0.3) is 5.91 Å². The molecule has 2 atom stereocenters. The van der Waals surface area contributed by atoms with E-state index in [0.717, 1.165) is 4.47 Å². The lowest BCUT2D eigenvalue weighted by Gasteiger charge is -2.25. The Balaban J connectivity index is 2.10. The summed E-state index contributed by atoms with van der Waals surface area (Å²) in [5, 5.41) is 11.9. The predicted molar refractivity (Wildman–Crippen MR) is 69.8 cm³/mol. The summed E-state index contributed by atoms with van der Waals surface area (Å²) in [6, 6.07) is 2.69. The monoisotopic (exact) mass is 328 g/mol. The Kier molecular flexibility index (Phi) is 3.86. The highest BCUT2D eigenvalue weighted by Crippen LogP contribution is 2.28. The van der Waals surface area contributed by atoms with Crippen LogP contribution in [0, 0.1) is 5.41 Å². The standard InChI is InChI=1S/C12H13BrN2O4/c1-12(11(17)18)6-19-5-9(12)15-10(16)8-3-2-7(13)4-14-8/h2-4,9H,5-6H2,1H3,(H,15,16)(H,17,18). The van der Waals surface area contributed by atoms with E-state index in [4.69, 9.17) is 4.74 Å². The summed E-state index contributed by atoms with van der Waals surface area (Å²) in [6.45, 7) is 1.83. The average molecular weight is 329 g/mol. The van der Waals surface area contributed by atoms with Crippen molar-refractivity contribution in [1.29, 1.82) is 0 Å². The molecule has 1 saturated heterocycles. The van der Waals surface area contributed by atoms with Gasteiger partial charge in [0.1, 0.15) is 11.1 Å². The molecule has 2 N–H and O–H groups in total. The molecule has 0 bridgehead atoms. The number of carboxylic acids is 1. The first-order valence-electron chi connectivity index (χ1n) is 5.67. The molecule has 2 heterocycles. The van der Waals surface area contributed by atoms with Crippen molar-refractivity contribution in [2.24, 2.45) is 5.41 Å². The third-order valence-electron chi connectivity index (χ3n) is 3.21. The van der Waals surface area contributed by atoms with Gasteiger partial charge in [0.2, 0.25) is 0 Å². The van der Waals surface area contributed by atoms with Crippen LogP contribution in [0.15, 0.2) is 22.8 Å². The fraction of sp³-hybridized carbons (Fsp3) is 0.417. The van der Waals surface area contributed by atoms with Gasteiger partial charge in [0.05, 0.1) is 19.3 Å². The Morgan fingerprint density at radius 1 is 1.58 bits per heavy atom. The smallest absolute Gasteiger partial charge is 0.313 e. The van der Waals surface area contributed by atoms with Gasteiger partial charge in [-0.25, -0.2) is 4.98 Å². The fourth-order valence-electron chi connectivity index (χ4n) is 1.83. The maximum atomic E-state index is 12.0. The number of pyridine rings is 1. The van der Waals surface area contributed by atoms with E-state index in [9.17, 15) is 14.7 Å². The molecule has 0 radical (unpaired) electrons. The predicted octanol–water partition coefficient (Wildman–Crippen LogP) is 1.06. The van der Waals surface area contributed by atoms with Gasteiger partial charge < -0.3 is 15.2 Å². The van der Waals surface area contributed by atoms with E-state index < -0.39 is 23.3 Å². The van der Waals surface area contributed by atoms with Gasteiger partial charge in [-0.05, 0) is 35.0 Å². The van der Waals surface area contributed by atoms with Crippen molar-refractivity contribution >= 4 is 27.8 Å². The second-order valence-corrected chi connectivity index (χ2v) is 5.54. The lowest BCUT2D eigenvalue weighted by atomic mass is 9.85. The fourth-order valence-corrected chi connectivity index (χ4v) is 2.06. The van der Waals surface area contributed by atoms with Crippen LogP contribution in [0.3, 0.4) is 0 Å². The molecule has 1 aromatic rings. The van der Waals surface area contributed by atoms with E-state index in [2.05, 4.69) is 26.2 Å². The Bertz CT molecular complexity index is 505. The minimum Gasteiger partial charge on any atom is -0.481 e. The maximum absolute atomic E-state index is 12.0. The second-order valence-electron chi connectivity index (χ2n) is 4.63. The summed E-state index contributed by atoms with van der Waals surface area (Å²) >= 11 is 3.23. The normalized spacial score (nSPS) is 26.1. The molecule has 0 aromatic carbocycles. The number of hydrogen-bond donors (Lipinski definition) is 2. The highest BCUT2D eigenvalue weighted by atomic mass is 79.9. The second kappa shape index (κ2) is 5.26. The Hall–Kier alpha value is -1.47. The minimum atomic E-state index is -1.11. The maximum Gasteiger partial charge on any atom is 0.313 e. The first-order valence-corrected chi connectivity index (χ1v) is 6.46. The molecule has 2 rings (SSSR count).